The van der Waals surface area contributed by atoms with E-state index in [1.54, 1.807) is 0 Å². The van der Waals surface area contributed by atoms with Crippen LogP contribution in [0.3, 0.4) is 0 Å². The van der Waals surface area contributed by atoms with Gasteiger partial charge in [0, 0.05) is 18.8 Å². The molecule has 0 radical (unpaired) electrons. The molecule has 3 nitrogen and oxygen atoms in total. The average Bonchev–Trinajstić information content (AvgIpc) is 2.73. The van der Waals surface area contributed by atoms with Crippen LogP contribution in [0.1, 0.15) is 38.8 Å². The molecule has 0 saturated heterocycles. The molecule has 94 valence electrons. The van der Waals surface area contributed by atoms with Gasteiger partial charge in [-0.3, -0.25) is 0 Å². The first-order chi connectivity index (χ1) is 8.03. The van der Waals surface area contributed by atoms with E-state index < -0.39 is 0 Å². The molecular formula is C14H23N3. The molecule has 0 aromatic carbocycles. The van der Waals surface area contributed by atoms with Gasteiger partial charge in [-0.2, -0.15) is 0 Å². The fourth-order valence-corrected chi connectivity index (χ4v) is 2.69. The fraction of sp³-hybridized carbons (Fsp3) is 0.643. The molecule has 1 aromatic heterocycles. The summed E-state index contributed by atoms with van der Waals surface area (Å²) in [4.78, 5) is 4.56. The topological polar surface area (TPSA) is 29.9 Å². The van der Waals surface area contributed by atoms with Crippen LogP contribution in [0.4, 0.5) is 5.95 Å². The second-order valence-corrected chi connectivity index (χ2v) is 5.72. The van der Waals surface area contributed by atoms with E-state index in [1.165, 1.54) is 19.3 Å². The lowest BCUT2D eigenvalue weighted by Gasteiger charge is -2.28. The molecule has 3 heteroatoms. The number of hydrogen-bond acceptors (Lipinski definition) is 2. The van der Waals surface area contributed by atoms with Crippen LogP contribution in [0.5, 0.6) is 0 Å². The molecule has 17 heavy (non-hydrogen) atoms. The van der Waals surface area contributed by atoms with Crippen LogP contribution in [0.2, 0.25) is 0 Å². The average molecular weight is 233 g/mol. The van der Waals surface area contributed by atoms with Gasteiger partial charge < -0.3 is 9.88 Å². The third kappa shape index (κ3) is 2.54. The lowest BCUT2D eigenvalue weighted by molar-refractivity contribution is 0.348. The molecule has 0 amide bonds. The van der Waals surface area contributed by atoms with Crippen molar-refractivity contribution < 1.29 is 0 Å². The number of aryl methyl sites for hydroxylation is 1. The molecule has 0 spiro atoms. The van der Waals surface area contributed by atoms with E-state index >= 15 is 0 Å². The number of nitrogens with zero attached hydrogens (tertiary/aromatic N) is 2. The minimum atomic E-state index is 0.374. The van der Waals surface area contributed by atoms with Crippen molar-refractivity contribution in [1.82, 2.24) is 9.55 Å². The van der Waals surface area contributed by atoms with Gasteiger partial charge in [0.1, 0.15) is 0 Å². The van der Waals surface area contributed by atoms with Gasteiger partial charge in [0.15, 0.2) is 0 Å². The minimum absolute atomic E-state index is 0.374. The van der Waals surface area contributed by atoms with Gasteiger partial charge in [-0.05, 0) is 25.2 Å². The standard InChI is InChI=1S/C14H23N3/c1-5-9-17-10-11(2)15-13(17)16-12-7-6-8-14(12,3)4/h5,10,12H,1,6-9H2,2-4H3,(H,15,16). The molecule has 0 aliphatic heterocycles. The number of hydrogen-bond donors (Lipinski definition) is 1. The molecular weight excluding hydrogens is 210 g/mol. The molecule has 2 rings (SSSR count). The van der Waals surface area contributed by atoms with Crippen molar-refractivity contribution in [2.45, 2.75) is 52.6 Å². The second-order valence-electron chi connectivity index (χ2n) is 5.72. The van der Waals surface area contributed by atoms with Crippen molar-refractivity contribution in [2.75, 3.05) is 5.32 Å². The number of nitrogens with one attached hydrogen (secondary N) is 1. The molecule has 1 heterocycles. The van der Waals surface area contributed by atoms with Crippen molar-refractivity contribution in [1.29, 1.82) is 0 Å². The maximum atomic E-state index is 4.56. The van der Waals surface area contributed by atoms with E-state index in [4.69, 9.17) is 0 Å². The van der Waals surface area contributed by atoms with Crippen molar-refractivity contribution in [3.63, 3.8) is 0 Å². The molecule has 1 aliphatic rings. The normalized spacial score (nSPS) is 22.6. The largest absolute Gasteiger partial charge is 0.352 e. The van der Waals surface area contributed by atoms with E-state index in [9.17, 15) is 0 Å². The molecule has 1 fully saturated rings. The highest BCUT2D eigenvalue weighted by molar-refractivity contribution is 5.32. The van der Waals surface area contributed by atoms with Crippen molar-refractivity contribution in [3.05, 3.63) is 24.5 Å². The smallest absolute Gasteiger partial charge is 0.203 e. The van der Waals surface area contributed by atoms with Crippen LogP contribution in [0.25, 0.3) is 0 Å². The lowest BCUT2D eigenvalue weighted by atomic mass is 9.87. The zero-order chi connectivity index (χ0) is 12.5. The van der Waals surface area contributed by atoms with E-state index in [0.717, 1.165) is 18.2 Å². The SMILES string of the molecule is C=CCn1cc(C)nc1NC1CCCC1(C)C. The summed E-state index contributed by atoms with van der Waals surface area (Å²) in [5, 5.41) is 3.61. The first kappa shape index (κ1) is 12.2. The quantitative estimate of drug-likeness (QED) is 0.808. The summed E-state index contributed by atoms with van der Waals surface area (Å²) >= 11 is 0. The summed E-state index contributed by atoms with van der Waals surface area (Å²) in [5.41, 5.74) is 1.43. The molecule has 1 saturated carbocycles. The highest BCUT2D eigenvalue weighted by Crippen LogP contribution is 2.38. The fourth-order valence-electron chi connectivity index (χ4n) is 2.69. The molecule has 1 aromatic rings. The summed E-state index contributed by atoms with van der Waals surface area (Å²) in [6, 6.07) is 0.535. The predicted octanol–water partition coefficient (Wildman–Crippen LogP) is 3.37. The number of imidazole rings is 1. The molecule has 1 atom stereocenters. The Morgan fingerprint density at radius 1 is 1.65 bits per heavy atom. The van der Waals surface area contributed by atoms with Gasteiger partial charge in [0.2, 0.25) is 5.95 Å². The zero-order valence-corrected chi connectivity index (χ0v) is 11.2. The molecule has 0 bridgehead atoms. The Balaban J connectivity index is 2.15. The van der Waals surface area contributed by atoms with Crippen LogP contribution in [-0.4, -0.2) is 15.6 Å². The van der Waals surface area contributed by atoms with Gasteiger partial charge >= 0.3 is 0 Å². The highest BCUT2D eigenvalue weighted by Gasteiger charge is 2.34. The van der Waals surface area contributed by atoms with Crippen LogP contribution in [0.15, 0.2) is 18.9 Å². The number of aromatic nitrogens is 2. The summed E-state index contributed by atoms with van der Waals surface area (Å²) in [6.07, 6.45) is 7.84. The van der Waals surface area contributed by atoms with Gasteiger partial charge in [-0.25, -0.2) is 4.98 Å². The van der Waals surface area contributed by atoms with E-state index in [1.807, 2.05) is 13.0 Å². The Morgan fingerprint density at radius 2 is 2.41 bits per heavy atom. The monoisotopic (exact) mass is 233 g/mol. The Kier molecular flexibility index (Phi) is 3.27. The number of allylic oxidation sites excluding steroid dienone is 1. The zero-order valence-electron chi connectivity index (χ0n) is 11.2. The van der Waals surface area contributed by atoms with Gasteiger partial charge in [0.05, 0.1) is 5.69 Å². The lowest BCUT2D eigenvalue weighted by Crippen LogP contribution is -2.32. The third-order valence-electron chi connectivity index (χ3n) is 3.78. The van der Waals surface area contributed by atoms with Crippen molar-refractivity contribution in [3.8, 4) is 0 Å². The maximum Gasteiger partial charge on any atom is 0.203 e. The van der Waals surface area contributed by atoms with E-state index in [0.29, 0.717) is 11.5 Å². The Hall–Kier alpha value is -1.25. The summed E-state index contributed by atoms with van der Waals surface area (Å²) in [5.74, 6) is 0.988. The molecule has 1 N–H and O–H groups in total. The summed E-state index contributed by atoms with van der Waals surface area (Å²) < 4.78 is 2.14. The van der Waals surface area contributed by atoms with Gasteiger partial charge in [-0.15, -0.1) is 6.58 Å². The number of rotatable bonds is 4. The minimum Gasteiger partial charge on any atom is -0.352 e. The highest BCUT2D eigenvalue weighted by atomic mass is 15.2. The summed E-state index contributed by atoms with van der Waals surface area (Å²) in [6.45, 7) is 11.3. The maximum absolute atomic E-state index is 4.56. The Morgan fingerprint density at radius 3 is 3.00 bits per heavy atom. The molecule has 1 unspecified atom stereocenters. The van der Waals surface area contributed by atoms with Gasteiger partial charge in [-0.1, -0.05) is 26.3 Å². The predicted molar refractivity (Wildman–Crippen MR) is 72.2 cm³/mol. The van der Waals surface area contributed by atoms with Crippen LogP contribution in [0, 0.1) is 12.3 Å². The summed E-state index contributed by atoms with van der Waals surface area (Å²) in [7, 11) is 0. The van der Waals surface area contributed by atoms with Crippen molar-refractivity contribution in [2.24, 2.45) is 5.41 Å². The van der Waals surface area contributed by atoms with Crippen molar-refractivity contribution >= 4 is 5.95 Å². The van der Waals surface area contributed by atoms with Crippen LogP contribution < -0.4 is 5.32 Å². The molecule has 1 aliphatic carbocycles. The van der Waals surface area contributed by atoms with Crippen LogP contribution >= 0.6 is 0 Å². The Labute approximate surface area is 104 Å². The second kappa shape index (κ2) is 4.55. The van der Waals surface area contributed by atoms with E-state index in [-0.39, 0.29) is 0 Å². The Bertz CT molecular complexity index is 404. The third-order valence-corrected chi connectivity index (χ3v) is 3.78. The van der Waals surface area contributed by atoms with Gasteiger partial charge in [0.25, 0.3) is 0 Å². The van der Waals surface area contributed by atoms with Crippen LogP contribution in [-0.2, 0) is 6.54 Å². The first-order valence-corrected chi connectivity index (χ1v) is 6.44. The number of anilines is 1. The van der Waals surface area contributed by atoms with E-state index in [2.05, 4.69) is 41.5 Å². The first-order valence-electron chi connectivity index (χ1n) is 6.44.